The molecule has 6 aliphatic heterocycles. The Labute approximate surface area is 687 Å². The lowest BCUT2D eigenvalue weighted by molar-refractivity contribution is -0.278. The molecule has 8 amide bonds. The largest absolute Gasteiger partial charge is 0.485 e. The van der Waals surface area contributed by atoms with Gasteiger partial charge in [-0.15, -0.1) is 23.2 Å². The molecule has 15 rings (SSSR count). The summed E-state index contributed by atoms with van der Waals surface area (Å²) in [5.41, 5.74) is 5.63. The van der Waals surface area contributed by atoms with Gasteiger partial charge in [-0.3, -0.25) is 38.4 Å². The third-order valence-corrected chi connectivity index (χ3v) is 28.2. The number of rotatable bonds is 26. The van der Waals surface area contributed by atoms with E-state index in [0.717, 1.165) is 77.3 Å². The van der Waals surface area contributed by atoms with Gasteiger partial charge in [-0.05, 0) is 219 Å². The number of carbonyl (C=O) groups is 8. The highest BCUT2D eigenvalue weighted by atomic mass is 35.5. The standard InChI is InChI=1S/C81H127Cl2N11O22/c1-5-86-17-9-7-6-8-10-19-112-20-18-87-34-47-53(97)32-46-60(69(47)101)45-27-39(11-14-52(45)96)62-76(107)94-66(80(111)92-64(46)78(109)89-61-42-23-37-22-38(25-42)26-43(61)24-37)68(100)41-13-16-55(49(83)29-41)114-57-31-44-30-56(73(57)116-81-72(104)71(103)70(102)58(35-95)115-81)113-54-15-12-40(28-48(54)82)67(99)65(93-74(105)50(85-4)21-36(2)3)79(110)88-51(33-59(84)98)75(106)90-63(44)77(108)91-62/h30-31,36-43,45-55,58,60-72,81,85-87,95-97,99-104H,5-29,32-35H2,1-4H3,(H2,84,98)(H,88,110)(H,89,109)(H,90,106)(H,91,108)(H,92,111)(H,93,105)(H,94,107)/t37?,38?,39-,40-,41-,42?,43?,45?,46?,47?,48+,49?,50+,51-,52+,53?,54+,55+,58+,60?,61?,62+,63+,64-,65+,66-,67+,68+,69-,70+,71-,72+,81-/m0/s1. The van der Waals surface area contributed by atoms with Crippen molar-refractivity contribution in [1.29, 1.82) is 0 Å². The van der Waals surface area contributed by atoms with Crippen LogP contribution in [0.2, 0.25) is 0 Å². The Morgan fingerprint density at radius 3 is 1.86 bits per heavy atom. The lowest BCUT2D eigenvalue weighted by Crippen LogP contribution is -2.68. The van der Waals surface area contributed by atoms with E-state index in [0.29, 0.717) is 31.6 Å². The second kappa shape index (κ2) is 40.4. The number of halogens is 2. The Bertz CT molecular complexity index is 3510. The highest BCUT2D eigenvalue weighted by Gasteiger charge is 2.58. The van der Waals surface area contributed by atoms with E-state index in [9.17, 15) is 55.5 Å². The lowest BCUT2D eigenvalue weighted by atomic mass is 9.54. The number of benzene rings is 1. The van der Waals surface area contributed by atoms with Crippen LogP contribution >= 0.6 is 23.2 Å². The molecule has 2 saturated heterocycles. The number of carbonyl (C=O) groups excluding carboxylic acids is 8. The summed E-state index contributed by atoms with van der Waals surface area (Å²) >= 11 is 14.8. The van der Waals surface area contributed by atoms with E-state index in [4.69, 9.17) is 52.6 Å². The first-order valence-corrected chi connectivity index (χ1v) is 43.6. The highest BCUT2D eigenvalue weighted by Crippen LogP contribution is 2.55. The number of nitrogens with one attached hydrogen (secondary N) is 10. The van der Waals surface area contributed by atoms with Gasteiger partial charge < -0.3 is 129 Å². The topological polar surface area (TPSA) is 511 Å². The molecular weight excluding hydrogens is 1550 g/mol. The monoisotopic (exact) mass is 1680 g/mol. The van der Waals surface area contributed by atoms with Gasteiger partial charge in [0.25, 0.3) is 0 Å². The summed E-state index contributed by atoms with van der Waals surface area (Å²) in [6.07, 6.45) is -10.5. The minimum Gasteiger partial charge on any atom is -0.485 e. The van der Waals surface area contributed by atoms with Crippen molar-refractivity contribution < 1.29 is 108 Å². The maximum Gasteiger partial charge on any atom is 0.247 e. The van der Waals surface area contributed by atoms with Crippen LogP contribution in [0.1, 0.15) is 174 Å². The molecule has 14 aliphatic rings. The van der Waals surface area contributed by atoms with E-state index in [2.05, 4.69) is 60.1 Å². The minimum atomic E-state index is -2.13. The molecule has 6 heterocycles. The number of fused-ring (bicyclic) bond motifs is 15. The zero-order chi connectivity index (χ0) is 83.1. The predicted molar refractivity (Wildman–Crippen MR) is 421 cm³/mol. The molecule has 1 aromatic rings. The molecule has 116 heavy (non-hydrogen) atoms. The molecule has 0 radical (unpaired) electrons. The fourth-order valence-corrected chi connectivity index (χ4v) is 22.1. The number of ether oxygens (including phenoxy) is 5. The van der Waals surface area contributed by atoms with Crippen LogP contribution < -0.4 is 73.1 Å². The summed E-state index contributed by atoms with van der Waals surface area (Å²) < 4.78 is 32.3. The third-order valence-electron chi connectivity index (χ3n) is 27.3. The van der Waals surface area contributed by atoms with Gasteiger partial charge in [-0.1, -0.05) is 40.0 Å². The normalized spacial score (nSPS) is 40.2. The number of hydrogen-bond donors (Lipinski definition) is 20. The maximum atomic E-state index is 16.5. The van der Waals surface area contributed by atoms with E-state index in [1.165, 1.54) is 12.1 Å². The molecule has 0 aromatic heterocycles. The summed E-state index contributed by atoms with van der Waals surface area (Å²) in [4.78, 5) is 123. The average Bonchev–Trinajstić information content (AvgIpc) is 0.750. The fourth-order valence-electron chi connectivity index (χ4n) is 21.3. The SMILES string of the molecule is CCNCCCCCCCOCCNCC1C(O)CC2C(C3C[C@H](CC[C@H]3O)[C@H]3NC(=O)[C@@H]4NC(=O)[C@H](CC(N)=O)NC(=O)[C@H](NC(=O)[C@@H](CC(C)C)NC)[C@H](O)[C@H]5CC[C@@H](Oc6cc4cc(c6O[C@@H]4O[C@H](CO)[C@@H](O)[C@H](O)[C@H]4O)O[C@@H]4CC[C@@H](CC4Cl)[C@@H](O)[C@H](NC3=O)C(=O)N[C@@H]2C(=O)NC2C3CC4CC(C3)CC2C4)[C@H](Cl)C5)[C@H]1O. The molecule has 28 atom stereocenters. The van der Waals surface area contributed by atoms with E-state index >= 15 is 28.8 Å². The van der Waals surface area contributed by atoms with Crippen LogP contribution in [0.4, 0.5) is 0 Å². The molecule has 15 bridgehead atoms. The van der Waals surface area contributed by atoms with Crippen molar-refractivity contribution >= 4 is 70.5 Å². The Kier molecular flexibility index (Phi) is 31.2. The molecule has 8 aliphatic carbocycles. The number of amides is 8. The van der Waals surface area contributed by atoms with E-state index in [1.54, 1.807) is 7.05 Å². The number of unbranched alkanes of at least 4 members (excludes halogenated alkanes) is 4. The van der Waals surface area contributed by atoms with Crippen LogP contribution in [-0.2, 0) is 47.8 Å². The van der Waals surface area contributed by atoms with Gasteiger partial charge in [0.05, 0.1) is 67.0 Å². The van der Waals surface area contributed by atoms with Crippen molar-refractivity contribution in [3.05, 3.63) is 17.7 Å². The Balaban J connectivity index is 0.956. The van der Waals surface area contributed by atoms with Gasteiger partial charge in [0.1, 0.15) is 72.9 Å². The summed E-state index contributed by atoms with van der Waals surface area (Å²) in [5.74, 6) is -15.0. The smallest absolute Gasteiger partial charge is 0.247 e. The lowest BCUT2D eigenvalue weighted by Gasteiger charge is -2.55. The van der Waals surface area contributed by atoms with Crippen molar-refractivity contribution in [3.8, 4) is 17.2 Å². The van der Waals surface area contributed by atoms with Crippen molar-refractivity contribution in [2.45, 2.75) is 295 Å². The first kappa shape index (κ1) is 89.7. The summed E-state index contributed by atoms with van der Waals surface area (Å²) in [5, 5.41) is 136. The Morgan fingerprint density at radius 1 is 0.603 bits per heavy atom. The summed E-state index contributed by atoms with van der Waals surface area (Å²) in [6, 6.07) is -9.94. The van der Waals surface area contributed by atoms with Crippen LogP contribution in [-0.4, -0.2) is 273 Å². The molecule has 6 unspecified atom stereocenters. The number of likely N-dealkylation sites (N-methyl/N-ethyl adjacent to an activating group) is 1. The van der Waals surface area contributed by atoms with Gasteiger partial charge in [0.2, 0.25) is 59.3 Å². The molecule has 8 saturated carbocycles. The number of nitrogens with two attached hydrogens (primary N) is 1. The minimum absolute atomic E-state index is 0.00117. The quantitative estimate of drug-likeness (QED) is 0.0386. The number of aliphatic hydroxyl groups excluding tert-OH is 9. The van der Waals surface area contributed by atoms with Gasteiger partial charge in [0, 0.05) is 31.7 Å². The number of primary amides is 1. The summed E-state index contributed by atoms with van der Waals surface area (Å²) in [7, 11) is 1.54. The van der Waals surface area contributed by atoms with Crippen LogP contribution in [0.15, 0.2) is 12.1 Å². The molecule has 33 nitrogen and oxygen atoms in total. The van der Waals surface area contributed by atoms with Crippen molar-refractivity contribution in [3.63, 3.8) is 0 Å². The molecule has 10 fully saturated rings. The van der Waals surface area contributed by atoms with E-state index in [1.807, 2.05) is 13.8 Å². The second-order valence-corrected chi connectivity index (χ2v) is 36.7. The van der Waals surface area contributed by atoms with Crippen LogP contribution in [0.5, 0.6) is 17.2 Å². The third kappa shape index (κ3) is 20.9. The molecular formula is C81H127Cl2N11O22. The molecule has 21 N–H and O–H groups in total. The van der Waals surface area contributed by atoms with Gasteiger partial charge >= 0.3 is 0 Å². The maximum absolute atomic E-state index is 16.5. The van der Waals surface area contributed by atoms with Crippen molar-refractivity contribution in [1.82, 2.24) is 53.2 Å². The molecule has 0 spiro atoms. The van der Waals surface area contributed by atoms with Crippen molar-refractivity contribution in [2.75, 3.05) is 53.0 Å². The number of alkyl halides is 2. The van der Waals surface area contributed by atoms with Gasteiger partial charge in [0.15, 0.2) is 11.5 Å². The Hall–Kier alpha value is -5.60. The second-order valence-electron chi connectivity index (χ2n) is 35.6. The summed E-state index contributed by atoms with van der Waals surface area (Å²) in [6.45, 7) is 8.14. The van der Waals surface area contributed by atoms with E-state index < -0.39 is 234 Å². The highest BCUT2D eigenvalue weighted by molar-refractivity contribution is 6.21. The van der Waals surface area contributed by atoms with Gasteiger partial charge in [-0.2, -0.15) is 0 Å². The van der Waals surface area contributed by atoms with Crippen LogP contribution in [0.25, 0.3) is 0 Å². The molecule has 1 aromatic carbocycles. The first-order chi connectivity index (χ1) is 55.5. The van der Waals surface area contributed by atoms with Crippen molar-refractivity contribution in [2.24, 2.45) is 76.7 Å². The molecule has 35 heteroatoms. The zero-order valence-corrected chi connectivity index (χ0v) is 68.5. The predicted octanol–water partition coefficient (Wildman–Crippen LogP) is -1.11. The Morgan fingerprint density at radius 2 is 1.23 bits per heavy atom. The zero-order valence-electron chi connectivity index (χ0n) is 67.0. The van der Waals surface area contributed by atoms with E-state index in [-0.39, 0.29) is 118 Å². The molecule has 652 valence electrons. The van der Waals surface area contributed by atoms with Gasteiger partial charge in [-0.25, -0.2) is 0 Å². The van der Waals surface area contributed by atoms with Crippen LogP contribution in [0, 0.1) is 71.0 Å². The first-order valence-electron chi connectivity index (χ1n) is 42.8. The van der Waals surface area contributed by atoms with Crippen LogP contribution in [0.3, 0.4) is 0 Å². The number of aliphatic hydroxyl groups is 9. The average molecular weight is 1680 g/mol. The fraction of sp³-hybridized carbons (Fsp3) is 0.827. The number of hydrogen-bond acceptors (Lipinski definition) is 25.